The first-order chi connectivity index (χ1) is 27.0. The average Bonchev–Trinajstić information content (AvgIpc) is 3.99. The maximum absolute atomic E-state index is 14.5. The smallest absolute Gasteiger partial charge is 0.416 e. The number of alkyl halides is 3. The van der Waals surface area contributed by atoms with Crippen molar-refractivity contribution in [3.8, 4) is 22.8 Å². The number of piperidine rings is 1. The minimum Gasteiger partial charge on any atom is -0.478 e. The predicted molar refractivity (Wildman–Crippen MR) is 193 cm³/mol. The number of halogens is 4. The van der Waals surface area contributed by atoms with E-state index in [1.54, 1.807) is 41.4 Å². The number of fused-ring (bicyclic) bond motifs is 8. The fourth-order valence-electron chi connectivity index (χ4n) is 8.25. The number of carbonyl (C=O) groups excluding carboxylic acids is 3. The molecule has 0 saturated carbocycles. The Labute approximate surface area is 320 Å². The first-order valence-corrected chi connectivity index (χ1v) is 19.0. The molecule has 8 rings (SSSR count). The molecule has 0 aliphatic carbocycles. The van der Waals surface area contributed by atoms with Gasteiger partial charge in [-0.25, -0.2) is 14.1 Å². The minimum atomic E-state index is -4.68. The van der Waals surface area contributed by atoms with Crippen molar-refractivity contribution < 1.29 is 41.4 Å². The molecule has 4 atom stereocenters. The number of pyridine rings is 1. The van der Waals surface area contributed by atoms with Crippen molar-refractivity contribution in [2.75, 3.05) is 39.3 Å². The number of nitrogens with zero attached hydrogens (tertiary/aromatic N) is 7. The predicted octanol–water partition coefficient (Wildman–Crippen LogP) is 5.55. The Morgan fingerprint density at radius 2 is 1.73 bits per heavy atom. The highest BCUT2D eigenvalue weighted by Crippen LogP contribution is 2.36. The van der Waals surface area contributed by atoms with Crippen molar-refractivity contribution in [2.45, 2.75) is 63.5 Å². The molecule has 4 aliphatic heterocycles. The first-order valence-electron chi connectivity index (χ1n) is 19.0. The molecule has 294 valence electrons. The normalized spacial score (nSPS) is 23.0. The lowest BCUT2D eigenvalue weighted by molar-refractivity contribution is -0.139. The maximum atomic E-state index is 14.5. The van der Waals surface area contributed by atoms with E-state index in [9.17, 15) is 31.9 Å². The Morgan fingerprint density at radius 3 is 2.52 bits per heavy atom. The third-order valence-electron chi connectivity index (χ3n) is 11.3. The maximum Gasteiger partial charge on any atom is 0.416 e. The second-order valence-electron chi connectivity index (χ2n) is 15.0. The Morgan fingerprint density at radius 1 is 0.946 bits per heavy atom. The Hall–Kier alpha value is -5.38. The van der Waals surface area contributed by atoms with Crippen molar-refractivity contribution >= 4 is 17.7 Å². The molecule has 16 heteroatoms. The van der Waals surface area contributed by atoms with Crippen LogP contribution >= 0.6 is 0 Å². The number of likely N-dealkylation sites (tertiary alicyclic amines) is 1. The van der Waals surface area contributed by atoms with Crippen LogP contribution in [0.3, 0.4) is 0 Å². The van der Waals surface area contributed by atoms with E-state index >= 15 is 0 Å². The van der Waals surface area contributed by atoms with Crippen LogP contribution in [0.1, 0.15) is 60.1 Å². The second-order valence-corrected chi connectivity index (χ2v) is 15.0. The summed E-state index contributed by atoms with van der Waals surface area (Å²) in [6.45, 7) is 2.27. The zero-order valence-corrected chi connectivity index (χ0v) is 30.5. The highest BCUT2D eigenvalue weighted by atomic mass is 19.4. The van der Waals surface area contributed by atoms with E-state index in [-0.39, 0.29) is 78.3 Å². The Kier molecular flexibility index (Phi) is 10.5. The van der Waals surface area contributed by atoms with Gasteiger partial charge in [-0.1, -0.05) is 17.3 Å². The SMILES string of the molecule is O=C(C[C@@H]1CCN2C[C@@H]1CCOc1cc(C(F)(F)F)cc(n1)-c1cccc(c1)C(=O)N1C[C@H](OCc3cn(-c4ccc(F)cc4)nn3)C[C@H]1C2=O)N1CCCC1. The summed E-state index contributed by atoms with van der Waals surface area (Å²) in [4.78, 5) is 51.7. The van der Waals surface area contributed by atoms with Crippen LogP contribution in [0.2, 0.25) is 0 Å². The van der Waals surface area contributed by atoms with E-state index in [1.807, 2.05) is 4.90 Å². The number of benzene rings is 2. The molecule has 12 nitrogen and oxygen atoms in total. The summed E-state index contributed by atoms with van der Waals surface area (Å²) in [6, 6.07) is 12.9. The molecule has 3 fully saturated rings. The molecular formula is C40H41F4N7O5. The Bertz CT molecular complexity index is 2090. The zero-order valence-electron chi connectivity index (χ0n) is 30.5. The molecule has 56 heavy (non-hydrogen) atoms. The van der Waals surface area contributed by atoms with Gasteiger partial charge in [-0.2, -0.15) is 13.2 Å². The largest absolute Gasteiger partial charge is 0.478 e. The average molecular weight is 776 g/mol. The summed E-state index contributed by atoms with van der Waals surface area (Å²) < 4.78 is 69.4. The molecule has 4 aliphatic rings. The van der Waals surface area contributed by atoms with E-state index in [0.717, 1.165) is 38.1 Å². The lowest BCUT2D eigenvalue weighted by Crippen LogP contribution is -2.52. The van der Waals surface area contributed by atoms with E-state index in [2.05, 4.69) is 15.3 Å². The van der Waals surface area contributed by atoms with Crippen LogP contribution in [-0.4, -0.2) is 104 Å². The van der Waals surface area contributed by atoms with E-state index in [1.165, 1.54) is 27.8 Å². The summed E-state index contributed by atoms with van der Waals surface area (Å²) in [7, 11) is 0. The number of hydrogen-bond donors (Lipinski definition) is 0. The first kappa shape index (κ1) is 37.5. The van der Waals surface area contributed by atoms with Crippen LogP contribution in [0, 0.1) is 17.7 Å². The quantitative estimate of drug-likeness (QED) is 0.234. The summed E-state index contributed by atoms with van der Waals surface area (Å²) >= 11 is 0. The third-order valence-corrected chi connectivity index (χ3v) is 11.3. The van der Waals surface area contributed by atoms with Crippen LogP contribution in [0.4, 0.5) is 17.6 Å². The van der Waals surface area contributed by atoms with Gasteiger partial charge in [-0.05, 0) is 80.0 Å². The van der Waals surface area contributed by atoms with Gasteiger partial charge in [-0.15, -0.1) is 5.10 Å². The van der Waals surface area contributed by atoms with Gasteiger partial charge in [0.25, 0.3) is 5.91 Å². The zero-order chi connectivity index (χ0) is 39.0. The molecule has 0 spiro atoms. The van der Waals surface area contributed by atoms with Gasteiger partial charge in [0.1, 0.15) is 17.6 Å². The molecule has 0 unspecified atom stereocenters. The van der Waals surface area contributed by atoms with Crippen molar-refractivity contribution in [1.29, 1.82) is 0 Å². The fourth-order valence-corrected chi connectivity index (χ4v) is 8.25. The van der Waals surface area contributed by atoms with E-state index in [4.69, 9.17) is 9.47 Å². The number of amides is 3. The number of ether oxygens (including phenoxy) is 2. The lowest BCUT2D eigenvalue weighted by Gasteiger charge is -2.40. The van der Waals surface area contributed by atoms with Gasteiger partial charge >= 0.3 is 6.18 Å². The lowest BCUT2D eigenvalue weighted by atomic mass is 9.80. The molecule has 6 bridgehead atoms. The van der Waals surface area contributed by atoms with Gasteiger partial charge in [-0.3, -0.25) is 14.4 Å². The summed E-state index contributed by atoms with van der Waals surface area (Å²) in [6.07, 6.45) is -0.215. The van der Waals surface area contributed by atoms with Gasteiger partial charge in [0.15, 0.2) is 0 Å². The third kappa shape index (κ3) is 8.11. The van der Waals surface area contributed by atoms with E-state index in [0.29, 0.717) is 43.7 Å². The molecule has 4 aromatic rings. The number of hydrogen-bond acceptors (Lipinski definition) is 8. The van der Waals surface area contributed by atoms with Gasteiger partial charge < -0.3 is 24.2 Å². The summed E-state index contributed by atoms with van der Waals surface area (Å²) in [5.74, 6) is -1.48. The molecule has 3 saturated heterocycles. The monoisotopic (exact) mass is 775 g/mol. The number of aromatic nitrogens is 4. The molecule has 2 aromatic heterocycles. The van der Waals surface area contributed by atoms with Crippen LogP contribution < -0.4 is 4.74 Å². The van der Waals surface area contributed by atoms with Crippen molar-refractivity contribution in [2.24, 2.45) is 11.8 Å². The summed E-state index contributed by atoms with van der Waals surface area (Å²) in [5, 5.41) is 8.28. The number of carbonyl (C=O) groups is 3. The molecular weight excluding hydrogens is 734 g/mol. The topological polar surface area (TPSA) is 123 Å². The van der Waals surface area contributed by atoms with Gasteiger partial charge in [0.2, 0.25) is 17.7 Å². The molecule has 6 heterocycles. The summed E-state index contributed by atoms with van der Waals surface area (Å²) in [5.41, 5.74) is 0.600. The second kappa shape index (κ2) is 15.6. The van der Waals surface area contributed by atoms with Crippen LogP contribution in [-0.2, 0) is 27.1 Å². The van der Waals surface area contributed by atoms with Gasteiger partial charge in [0.05, 0.1) is 42.5 Å². The minimum absolute atomic E-state index is 0.0153. The van der Waals surface area contributed by atoms with Crippen LogP contribution in [0.25, 0.3) is 16.9 Å². The highest BCUT2D eigenvalue weighted by Gasteiger charge is 2.44. The van der Waals surface area contributed by atoms with Crippen LogP contribution in [0.15, 0.2) is 66.9 Å². The van der Waals surface area contributed by atoms with Crippen molar-refractivity contribution in [1.82, 2.24) is 34.7 Å². The van der Waals surface area contributed by atoms with Crippen LogP contribution in [0.5, 0.6) is 5.88 Å². The Balaban J connectivity index is 1.08. The van der Waals surface area contributed by atoms with Crippen molar-refractivity contribution in [3.63, 3.8) is 0 Å². The number of rotatable bonds is 6. The molecule has 2 aromatic carbocycles. The van der Waals surface area contributed by atoms with Gasteiger partial charge in [0, 0.05) is 62.8 Å². The highest BCUT2D eigenvalue weighted by molar-refractivity contribution is 5.99. The van der Waals surface area contributed by atoms with E-state index < -0.39 is 29.8 Å². The van der Waals surface area contributed by atoms with Crippen molar-refractivity contribution in [3.05, 3.63) is 89.5 Å². The fraction of sp³-hybridized carbons (Fsp3) is 0.450. The molecule has 0 radical (unpaired) electrons. The molecule has 0 N–H and O–H groups in total. The molecule has 3 amide bonds. The standard InChI is InChI=1S/C40H41F4N7O5/c41-30-6-8-32(9-7-30)51-22-31(46-47-51)24-56-33-20-35-39(54)49-14-10-25(17-37(52)48-12-1-2-13-48)28(21-49)11-15-55-36-19-29(40(42,43)44)18-34(45-36)26-4-3-5-27(16-26)38(53)50(35)23-33/h3-9,16,18-19,22,25,28,33,35H,1-2,10-15,17,20-21,23-24H2/t25-,28-,33+,35-/m0/s1.